The van der Waals surface area contributed by atoms with Crippen molar-refractivity contribution in [2.45, 2.75) is 13.0 Å². The summed E-state index contributed by atoms with van der Waals surface area (Å²) in [6, 6.07) is 8.78. The Morgan fingerprint density at radius 1 is 1.47 bits per heavy atom. The largest absolute Gasteiger partial charge is 0.484 e. The second kappa shape index (κ2) is 5.50. The van der Waals surface area contributed by atoms with E-state index in [1.54, 1.807) is 13.0 Å². The highest BCUT2D eigenvalue weighted by molar-refractivity contribution is 7.18. The van der Waals surface area contributed by atoms with Gasteiger partial charge < -0.3 is 15.6 Å². The lowest BCUT2D eigenvalue weighted by atomic mass is 10.1. The van der Waals surface area contributed by atoms with Crippen LogP contribution in [0, 0.1) is 0 Å². The summed E-state index contributed by atoms with van der Waals surface area (Å²) in [5.41, 5.74) is 6.41. The number of rotatable bonds is 4. The molecule has 3 N–H and O–H groups in total. The van der Waals surface area contributed by atoms with Crippen LogP contribution in [0.4, 0.5) is 5.00 Å². The van der Waals surface area contributed by atoms with E-state index >= 15 is 0 Å². The quantitative estimate of drug-likeness (QED) is 0.900. The number of benzene rings is 1. The van der Waals surface area contributed by atoms with Gasteiger partial charge >= 0.3 is 5.97 Å². The first-order valence-corrected chi connectivity index (χ1v) is 6.72. The molecule has 0 saturated heterocycles. The Morgan fingerprint density at radius 3 is 2.79 bits per heavy atom. The van der Waals surface area contributed by atoms with Crippen LogP contribution in [0.1, 0.15) is 28.3 Å². The van der Waals surface area contributed by atoms with Crippen molar-refractivity contribution in [3.05, 3.63) is 45.8 Å². The monoisotopic (exact) mass is 297 g/mol. The molecule has 0 fully saturated rings. The van der Waals surface area contributed by atoms with E-state index in [1.165, 1.54) is 6.07 Å². The minimum absolute atomic E-state index is 0.0939. The van der Waals surface area contributed by atoms with Crippen molar-refractivity contribution in [3.8, 4) is 5.75 Å². The highest BCUT2D eigenvalue weighted by atomic mass is 35.5. The van der Waals surface area contributed by atoms with Gasteiger partial charge in [0, 0.05) is 16.7 Å². The third-order valence-electron chi connectivity index (χ3n) is 2.56. The summed E-state index contributed by atoms with van der Waals surface area (Å²) >= 11 is 7.06. The van der Waals surface area contributed by atoms with Gasteiger partial charge in [-0.2, -0.15) is 0 Å². The lowest BCUT2D eigenvalue weighted by Crippen LogP contribution is -2.06. The lowest BCUT2D eigenvalue weighted by Gasteiger charge is -2.15. The predicted molar refractivity (Wildman–Crippen MR) is 76.2 cm³/mol. The third kappa shape index (κ3) is 3.00. The standard InChI is InChI=1S/C13H12ClNO3S/c1-7(8-4-2-3-5-9(8)14)18-10-6-11(15)19-12(10)13(16)17/h2-7H,15H2,1H3,(H,16,17)/t7-/m1/s1. The van der Waals surface area contributed by atoms with Gasteiger partial charge in [0.05, 0.1) is 5.00 Å². The Kier molecular flexibility index (Phi) is 3.97. The van der Waals surface area contributed by atoms with Crippen molar-refractivity contribution in [1.29, 1.82) is 0 Å². The Hall–Kier alpha value is -1.72. The highest BCUT2D eigenvalue weighted by Gasteiger charge is 2.19. The number of carbonyl (C=O) groups is 1. The molecule has 19 heavy (non-hydrogen) atoms. The number of anilines is 1. The molecule has 0 amide bonds. The normalized spacial score (nSPS) is 12.1. The Labute approximate surface area is 119 Å². The van der Waals surface area contributed by atoms with Crippen molar-refractivity contribution < 1.29 is 14.6 Å². The van der Waals surface area contributed by atoms with Crippen LogP contribution in [0.5, 0.6) is 5.75 Å². The first-order chi connectivity index (χ1) is 8.99. The van der Waals surface area contributed by atoms with E-state index in [0.717, 1.165) is 16.9 Å². The minimum atomic E-state index is -1.05. The minimum Gasteiger partial charge on any atom is -0.484 e. The van der Waals surface area contributed by atoms with Gasteiger partial charge in [-0.1, -0.05) is 29.8 Å². The van der Waals surface area contributed by atoms with Crippen LogP contribution in [-0.2, 0) is 0 Å². The van der Waals surface area contributed by atoms with Crippen LogP contribution < -0.4 is 10.5 Å². The average Bonchev–Trinajstić information content (AvgIpc) is 2.70. The zero-order valence-electron chi connectivity index (χ0n) is 10.1. The van der Waals surface area contributed by atoms with Crippen LogP contribution in [0.15, 0.2) is 30.3 Å². The molecule has 0 aliphatic heterocycles. The van der Waals surface area contributed by atoms with Crippen LogP contribution >= 0.6 is 22.9 Å². The molecule has 100 valence electrons. The average molecular weight is 298 g/mol. The number of nitrogens with two attached hydrogens (primary N) is 1. The maximum absolute atomic E-state index is 11.1. The second-order valence-corrected chi connectivity index (χ2v) is 5.42. The third-order valence-corrected chi connectivity index (χ3v) is 3.84. The van der Waals surface area contributed by atoms with Gasteiger partial charge in [0.2, 0.25) is 0 Å². The number of carboxylic acids is 1. The Bertz CT molecular complexity index is 612. The molecule has 0 aliphatic carbocycles. The summed E-state index contributed by atoms with van der Waals surface area (Å²) in [6.07, 6.45) is -0.360. The molecule has 1 aromatic heterocycles. The van der Waals surface area contributed by atoms with Gasteiger partial charge in [0.25, 0.3) is 0 Å². The van der Waals surface area contributed by atoms with E-state index in [4.69, 9.17) is 27.2 Å². The zero-order chi connectivity index (χ0) is 14.0. The summed E-state index contributed by atoms with van der Waals surface area (Å²) < 4.78 is 5.66. The molecule has 0 radical (unpaired) electrons. The van der Waals surface area contributed by atoms with Gasteiger partial charge in [0.15, 0.2) is 4.88 Å². The van der Waals surface area contributed by atoms with E-state index in [-0.39, 0.29) is 16.7 Å². The first kappa shape index (κ1) is 13.7. The number of hydrogen-bond donors (Lipinski definition) is 2. The Balaban J connectivity index is 2.27. The molecule has 0 bridgehead atoms. The maximum Gasteiger partial charge on any atom is 0.349 e. The molecule has 2 rings (SSSR count). The summed E-state index contributed by atoms with van der Waals surface area (Å²) in [5, 5.41) is 10.0. The van der Waals surface area contributed by atoms with Gasteiger partial charge in [-0.05, 0) is 13.0 Å². The molecular weight excluding hydrogens is 286 g/mol. The fraction of sp³-hybridized carbons (Fsp3) is 0.154. The molecule has 1 atom stereocenters. The van der Waals surface area contributed by atoms with Gasteiger partial charge in [0.1, 0.15) is 11.9 Å². The SMILES string of the molecule is C[C@@H](Oc1cc(N)sc1C(=O)O)c1ccccc1Cl. The number of aromatic carboxylic acids is 1. The molecule has 0 aliphatic rings. The smallest absolute Gasteiger partial charge is 0.349 e. The molecule has 4 nitrogen and oxygen atoms in total. The van der Waals surface area contributed by atoms with Crippen molar-refractivity contribution in [2.75, 3.05) is 5.73 Å². The number of thiophene rings is 1. The van der Waals surface area contributed by atoms with E-state index in [9.17, 15) is 4.79 Å². The molecule has 0 saturated carbocycles. The Morgan fingerprint density at radius 2 is 2.16 bits per heavy atom. The first-order valence-electron chi connectivity index (χ1n) is 5.52. The predicted octanol–water partition coefficient (Wildman–Crippen LogP) is 3.82. The van der Waals surface area contributed by atoms with Crippen LogP contribution in [0.3, 0.4) is 0 Å². The van der Waals surface area contributed by atoms with E-state index in [2.05, 4.69) is 0 Å². The summed E-state index contributed by atoms with van der Waals surface area (Å²) in [6.45, 7) is 1.81. The van der Waals surface area contributed by atoms with Crippen LogP contribution in [0.25, 0.3) is 0 Å². The van der Waals surface area contributed by atoms with Crippen molar-refractivity contribution >= 4 is 33.9 Å². The second-order valence-electron chi connectivity index (χ2n) is 3.93. The number of ether oxygens (including phenoxy) is 1. The van der Waals surface area contributed by atoms with Crippen molar-refractivity contribution in [1.82, 2.24) is 0 Å². The van der Waals surface area contributed by atoms with Crippen LogP contribution in [-0.4, -0.2) is 11.1 Å². The summed E-state index contributed by atoms with van der Waals surface area (Å²) in [7, 11) is 0. The zero-order valence-corrected chi connectivity index (χ0v) is 11.7. The molecule has 1 heterocycles. The molecular formula is C13H12ClNO3S. The molecule has 0 unspecified atom stereocenters. The van der Waals surface area contributed by atoms with Gasteiger partial charge in [-0.25, -0.2) is 4.79 Å². The van der Waals surface area contributed by atoms with E-state index < -0.39 is 5.97 Å². The molecule has 1 aromatic carbocycles. The lowest BCUT2D eigenvalue weighted by molar-refractivity contribution is 0.0696. The van der Waals surface area contributed by atoms with Crippen molar-refractivity contribution in [2.24, 2.45) is 0 Å². The molecule has 2 aromatic rings. The molecule has 0 spiro atoms. The van der Waals surface area contributed by atoms with Gasteiger partial charge in [-0.15, -0.1) is 11.3 Å². The number of hydrogen-bond acceptors (Lipinski definition) is 4. The number of carboxylic acid groups (broad SMARTS) is 1. The van der Waals surface area contributed by atoms with E-state index in [1.807, 2.05) is 18.2 Å². The fourth-order valence-electron chi connectivity index (χ4n) is 1.69. The molecule has 6 heteroatoms. The topological polar surface area (TPSA) is 72.5 Å². The maximum atomic E-state index is 11.1. The van der Waals surface area contributed by atoms with Crippen LogP contribution in [0.2, 0.25) is 5.02 Å². The fourth-order valence-corrected chi connectivity index (χ4v) is 2.67. The summed E-state index contributed by atoms with van der Waals surface area (Å²) in [4.78, 5) is 11.2. The van der Waals surface area contributed by atoms with E-state index in [0.29, 0.717) is 10.0 Å². The number of halogens is 1. The van der Waals surface area contributed by atoms with Gasteiger partial charge in [-0.3, -0.25) is 0 Å². The summed E-state index contributed by atoms with van der Waals surface area (Å²) in [5.74, 6) is -0.787. The van der Waals surface area contributed by atoms with Crippen molar-refractivity contribution in [3.63, 3.8) is 0 Å². The number of nitrogen functional groups attached to an aromatic ring is 1. The highest BCUT2D eigenvalue weighted by Crippen LogP contribution is 2.35.